The Labute approximate surface area is 111 Å². The first-order chi connectivity index (χ1) is 8.65. The number of rotatable bonds is 4. The van der Waals surface area contributed by atoms with E-state index in [1.54, 1.807) is 0 Å². The molecule has 2 rings (SSSR count). The SMILES string of the molecule is CC1CC(N)CN(CCC(C)c2ccccc2)C1. The van der Waals surface area contributed by atoms with Crippen LogP contribution in [-0.2, 0) is 0 Å². The predicted molar refractivity (Wildman–Crippen MR) is 77.7 cm³/mol. The Kier molecular flexibility index (Phi) is 4.79. The van der Waals surface area contributed by atoms with Crippen LogP contribution in [0.5, 0.6) is 0 Å². The molecule has 1 aliphatic heterocycles. The summed E-state index contributed by atoms with van der Waals surface area (Å²) in [5.41, 5.74) is 7.54. The fourth-order valence-corrected chi connectivity index (χ4v) is 3.02. The smallest absolute Gasteiger partial charge is 0.0170 e. The topological polar surface area (TPSA) is 29.3 Å². The monoisotopic (exact) mass is 246 g/mol. The molecule has 0 bridgehead atoms. The van der Waals surface area contributed by atoms with Gasteiger partial charge in [-0.1, -0.05) is 44.2 Å². The van der Waals surface area contributed by atoms with E-state index in [1.807, 2.05) is 0 Å². The normalized spacial score (nSPS) is 27.1. The third-order valence-electron chi connectivity index (χ3n) is 4.01. The van der Waals surface area contributed by atoms with Gasteiger partial charge in [0.15, 0.2) is 0 Å². The molecule has 100 valence electrons. The van der Waals surface area contributed by atoms with Crippen LogP contribution in [0.25, 0.3) is 0 Å². The van der Waals surface area contributed by atoms with Crippen LogP contribution in [0.1, 0.15) is 38.2 Å². The van der Waals surface area contributed by atoms with E-state index >= 15 is 0 Å². The predicted octanol–water partition coefficient (Wildman–Crippen LogP) is 2.85. The third-order valence-corrected chi connectivity index (χ3v) is 4.01. The van der Waals surface area contributed by atoms with Crippen molar-refractivity contribution in [3.8, 4) is 0 Å². The van der Waals surface area contributed by atoms with Crippen LogP contribution < -0.4 is 5.73 Å². The average molecular weight is 246 g/mol. The van der Waals surface area contributed by atoms with Gasteiger partial charge in [0.05, 0.1) is 0 Å². The summed E-state index contributed by atoms with van der Waals surface area (Å²) >= 11 is 0. The summed E-state index contributed by atoms with van der Waals surface area (Å²) < 4.78 is 0. The Bertz CT molecular complexity index is 339. The van der Waals surface area contributed by atoms with Crippen molar-refractivity contribution >= 4 is 0 Å². The fourth-order valence-electron chi connectivity index (χ4n) is 3.02. The van der Waals surface area contributed by atoms with Gasteiger partial charge in [0, 0.05) is 19.1 Å². The van der Waals surface area contributed by atoms with Crippen LogP contribution >= 0.6 is 0 Å². The summed E-state index contributed by atoms with van der Waals surface area (Å²) in [4.78, 5) is 2.54. The summed E-state index contributed by atoms with van der Waals surface area (Å²) in [5, 5.41) is 0. The highest BCUT2D eigenvalue weighted by Crippen LogP contribution is 2.21. The van der Waals surface area contributed by atoms with Crippen LogP contribution in [0, 0.1) is 5.92 Å². The second-order valence-electron chi connectivity index (χ2n) is 5.96. The molecule has 1 aromatic rings. The van der Waals surface area contributed by atoms with Crippen molar-refractivity contribution in [3.63, 3.8) is 0 Å². The Balaban J connectivity index is 1.81. The van der Waals surface area contributed by atoms with Gasteiger partial charge in [0.1, 0.15) is 0 Å². The summed E-state index contributed by atoms with van der Waals surface area (Å²) in [6, 6.07) is 11.2. The first-order valence-electron chi connectivity index (χ1n) is 7.18. The van der Waals surface area contributed by atoms with Gasteiger partial charge in [0.2, 0.25) is 0 Å². The lowest BCUT2D eigenvalue weighted by atomic mass is 9.94. The van der Waals surface area contributed by atoms with Crippen LogP contribution in [0.4, 0.5) is 0 Å². The zero-order valence-corrected chi connectivity index (χ0v) is 11.7. The number of benzene rings is 1. The standard InChI is InChI=1S/C16H26N2/c1-13-10-16(17)12-18(11-13)9-8-14(2)15-6-4-3-5-7-15/h3-7,13-14,16H,8-12,17H2,1-2H3. The number of hydrogen-bond acceptors (Lipinski definition) is 2. The second-order valence-corrected chi connectivity index (χ2v) is 5.96. The van der Waals surface area contributed by atoms with Gasteiger partial charge >= 0.3 is 0 Å². The van der Waals surface area contributed by atoms with Gasteiger partial charge in [0.25, 0.3) is 0 Å². The molecule has 2 heteroatoms. The average Bonchev–Trinajstić information content (AvgIpc) is 2.36. The van der Waals surface area contributed by atoms with E-state index in [1.165, 1.54) is 31.5 Å². The van der Waals surface area contributed by atoms with Crippen molar-refractivity contribution in [2.75, 3.05) is 19.6 Å². The van der Waals surface area contributed by atoms with Crippen molar-refractivity contribution < 1.29 is 0 Å². The van der Waals surface area contributed by atoms with Crippen molar-refractivity contribution in [1.29, 1.82) is 0 Å². The minimum atomic E-state index is 0.376. The van der Waals surface area contributed by atoms with Crippen LogP contribution in [0.15, 0.2) is 30.3 Å². The largest absolute Gasteiger partial charge is 0.327 e. The van der Waals surface area contributed by atoms with E-state index < -0.39 is 0 Å². The molecule has 3 unspecified atom stereocenters. The Morgan fingerprint density at radius 3 is 2.67 bits per heavy atom. The lowest BCUT2D eigenvalue weighted by Gasteiger charge is -2.35. The van der Waals surface area contributed by atoms with Crippen LogP contribution in [0.2, 0.25) is 0 Å². The number of piperidine rings is 1. The maximum absolute atomic E-state index is 6.09. The molecule has 3 atom stereocenters. The zero-order valence-electron chi connectivity index (χ0n) is 11.7. The maximum atomic E-state index is 6.09. The van der Waals surface area contributed by atoms with Gasteiger partial charge < -0.3 is 10.6 Å². The number of nitrogens with zero attached hydrogens (tertiary/aromatic N) is 1. The van der Waals surface area contributed by atoms with Crippen molar-refractivity contribution in [2.24, 2.45) is 11.7 Å². The van der Waals surface area contributed by atoms with E-state index in [2.05, 4.69) is 49.1 Å². The highest BCUT2D eigenvalue weighted by molar-refractivity contribution is 5.18. The van der Waals surface area contributed by atoms with E-state index in [0.29, 0.717) is 12.0 Å². The van der Waals surface area contributed by atoms with E-state index in [-0.39, 0.29) is 0 Å². The molecule has 0 radical (unpaired) electrons. The lowest BCUT2D eigenvalue weighted by molar-refractivity contribution is 0.161. The van der Waals surface area contributed by atoms with Gasteiger partial charge in [-0.05, 0) is 36.8 Å². The van der Waals surface area contributed by atoms with Crippen LogP contribution in [0.3, 0.4) is 0 Å². The zero-order chi connectivity index (χ0) is 13.0. The highest BCUT2D eigenvalue weighted by atomic mass is 15.1. The number of likely N-dealkylation sites (tertiary alicyclic amines) is 1. The van der Waals surface area contributed by atoms with Crippen molar-refractivity contribution in [2.45, 2.75) is 38.6 Å². The van der Waals surface area contributed by atoms with Crippen molar-refractivity contribution in [3.05, 3.63) is 35.9 Å². The first-order valence-corrected chi connectivity index (χ1v) is 7.18. The molecular formula is C16H26N2. The van der Waals surface area contributed by atoms with Crippen LogP contribution in [-0.4, -0.2) is 30.6 Å². The summed E-state index contributed by atoms with van der Waals surface area (Å²) in [5.74, 6) is 1.39. The van der Waals surface area contributed by atoms with Crippen molar-refractivity contribution in [1.82, 2.24) is 4.90 Å². The van der Waals surface area contributed by atoms with Gasteiger partial charge in [-0.15, -0.1) is 0 Å². The summed E-state index contributed by atoms with van der Waals surface area (Å²) in [7, 11) is 0. The molecule has 0 aromatic heterocycles. The lowest BCUT2D eigenvalue weighted by Crippen LogP contribution is -2.46. The molecule has 1 heterocycles. The van der Waals surface area contributed by atoms with Gasteiger partial charge in [-0.2, -0.15) is 0 Å². The Hall–Kier alpha value is -0.860. The molecule has 18 heavy (non-hydrogen) atoms. The second kappa shape index (κ2) is 6.35. The first kappa shape index (κ1) is 13.6. The Morgan fingerprint density at radius 2 is 2.00 bits per heavy atom. The molecule has 1 aliphatic rings. The van der Waals surface area contributed by atoms with Gasteiger partial charge in [-0.25, -0.2) is 0 Å². The van der Waals surface area contributed by atoms with Gasteiger partial charge in [-0.3, -0.25) is 0 Å². The summed E-state index contributed by atoms with van der Waals surface area (Å²) in [6.45, 7) is 8.10. The molecular weight excluding hydrogens is 220 g/mol. The van der Waals surface area contributed by atoms with E-state index in [0.717, 1.165) is 12.5 Å². The third kappa shape index (κ3) is 3.82. The molecule has 2 N–H and O–H groups in total. The molecule has 1 saturated heterocycles. The molecule has 0 aliphatic carbocycles. The number of hydrogen-bond donors (Lipinski definition) is 1. The van der Waals surface area contributed by atoms with E-state index in [4.69, 9.17) is 5.73 Å². The molecule has 0 spiro atoms. The minimum Gasteiger partial charge on any atom is -0.327 e. The number of nitrogens with two attached hydrogens (primary N) is 1. The summed E-state index contributed by atoms with van der Waals surface area (Å²) in [6.07, 6.45) is 2.41. The highest BCUT2D eigenvalue weighted by Gasteiger charge is 2.22. The van der Waals surface area contributed by atoms with E-state index in [9.17, 15) is 0 Å². The maximum Gasteiger partial charge on any atom is 0.0170 e. The molecule has 2 nitrogen and oxygen atoms in total. The fraction of sp³-hybridized carbons (Fsp3) is 0.625. The molecule has 0 saturated carbocycles. The molecule has 1 fully saturated rings. The Morgan fingerprint density at radius 1 is 1.28 bits per heavy atom. The molecule has 0 amide bonds. The minimum absolute atomic E-state index is 0.376. The quantitative estimate of drug-likeness (QED) is 0.885. The molecule has 1 aromatic carbocycles.